The van der Waals surface area contributed by atoms with Gasteiger partial charge in [0.25, 0.3) is 0 Å². The van der Waals surface area contributed by atoms with E-state index in [0.29, 0.717) is 13.0 Å². The van der Waals surface area contributed by atoms with Crippen LogP contribution in [0.3, 0.4) is 0 Å². The molecule has 0 rings (SSSR count). The molecular weight excluding hydrogens is 202 g/mol. The molecule has 0 fully saturated rings. The van der Waals surface area contributed by atoms with Gasteiger partial charge < -0.3 is 5.32 Å². The lowest BCUT2D eigenvalue weighted by molar-refractivity contribution is -0.121. The summed E-state index contributed by atoms with van der Waals surface area (Å²) in [6.07, 6.45) is 5.19. The summed E-state index contributed by atoms with van der Waals surface area (Å²) in [5.74, 6) is 0.115. The lowest BCUT2D eigenvalue weighted by Gasteiger charge is -2.05. The van der Waals surface area contributed by atoms with Crippen LogP contribution in [0.5, 0.6) is 0 Å². The van der Waals surface area contributed by atoms with Crippen LogP contribution in [-0.4, -0.2) is 17.0 Å². The minimum atomic E-state index is -0.0559. The Balaban J connectivity index is 3.20. The van der Waals surface area contributed by atoms with E-state index in [1.165, 1.54) is 12.8 Å². The van der Waals surface area contributed by atoms with Gasteiger partial charge in [0.1, 0.15) is 0 Å². The molecule has 0 saturated carbocycles. The van der Waals surface area contributed by atoms with Gasteiger partial charge in [0, 0.05) is 13.0 Å². The SMILES string of the molecule is CCCCCCC(=O)NCC(S)S. The average Bonchev–Trinajstić information content (AvgIpc) is 2.09. The molecule has 78 valence electrons. The van der Waals surface area contributed by atoms with E-state index in [1.54, 1.807) is 0 Å². The van der Waals surface area contributed by atoms with E-state index in [0.717, 1.165) is 12.8 Å². The largest absolute Gasteiger partial charge is 0.354 e. The predicted molar refractivity (Wildman–Crippen MR) is 63.5 cm³/mol. The summed E-state index contributed by atoms with van der Waals surface area (Å²) in [6.45, 7) is 2.70. The summed E-state index contributed by atoms with van der Waals surface area (Å²) in [5.41, 5.74) is 0. The molecule has 0 aliphatic carbocycles. The smallest absolute Gasteiger partial charge is 0.220 e. The molecule has 0 radical (unpaired) electrons. The van der Waals surface area contributed by atoms with E-state index in [2.05, 4.69) is 37.5 Å². The van der Waals surface area contributed by atoms with Crippen LogP contribution < -0.4 is 5.32 Å². The highest BCUT2D eigenvalue weighted by Crippen LogP contribution is 2.02. The van der Waals surface area contributed by atoms with E-state index in [1.807, 2.05) is 0 Å². The molecule has 0 aromatic rings. The van der Waals surface area contributed by atoms with Crippen LogP contribution in [-0.2, 0) is 4.79 Å². The first-order valence-corrected chi connectivity index (χ1v) is 5.83. The molecule has 0 unspecified atom stereocenters. The Morgan fingerprint density at radius 2 is 2.00 bits per heavy atom. The first-order valence-electron chi connectivity index (χ1n) is 4.79. The molecule has 1 N–H and O–H groups in total. The molecule has 0 bridgehead atoms. The Hall–Kier alpha value is 0.170. The quantitative estimate of drug-likeness (QED) is 0.343. The van der Waals surface area contributed by atoms with Gasteiger partial charge in [-0.3, -0.25) is 4.79 Å². The number of hydrogen-bond donors (Lipinski definition) is 3. The Labute approximate surface area is 91.7 Å². The van der Waals surface area contributed by atoms with Crippen LogP contribution in [0.2, 0.25) is 0 Å². The molecule has 0 aromatic heterocycles. The highest BCUT2D eigenvalue weighted by molar-refractivity contribution is 7.99. The summed E-state index contributed by atoms with van der Waals surface area (Å²) in [6, 6.07) is 0. The maximum atomic E-state index is 11.1. The molecule has 0 aliphatic heterocycles. The summed E-state index contributed by atoms with van der Waals surface area (Å²) in [5, 5.41) is 2.77. The van der Waals surface area contributed by atoms with Crippen molar-refractivity contribution in [1.29, 1.82) is 0 Å². The van der Waals surface area contributed by atoms with E-state index < -0.39 is 0 Å². The number of nitrogens with one attached hydrogen (secondary N) is 1. The monoisotopic (exact) mass is 221 g/mol. The summed E-state index contributed by atoms with van der Waals surface area (Å²) in [4.78, 5) is 11.1. The first kappa shape index (κ1) is 13.2. The van der Waals surface area contributed by atoms with Crippen molar-refractivity contribution in [2.24, 2.45) is 0 Å². The Bertz CT molecular complexity index is 140. The molecule has 2 nitrogen and oxygen atoms in total. The molecule has 13 heavy (non-hydrogen) atoms. The Kier molecular flexibility index (Phi) is 8.87. The summed E-state index contributed by atoms with van der Waals surface area (Å²) >= 11 is 8.09. The lowest BCUT2D eigenvalue weighted by Crippen LogP contribution is -2.27. The van der Waals surface area contributed by atoms with Crippen molar-refractivity contribution < 1.29 is 4.79 Å². The third kappa shape index (κ3) is 10.1. The second-order valence-corrected chi connectivity index (χ2v) is 4.75. The van der Waals surface area contributed by atoms with Crippen LogP contribution >= 0.6 is 25.3 Å². The van der Waals surface area contributed by atoms with Gasteiger partial charge in [0.2, 0.25) is 5.91 Å². The van der Waals surface area contributed by atoms with Gasteiger partial charge in [-0.2, -0.15) is 25.3 Å². The summed E-state index contributed by atoms with van der Waals surface area (Å²) < 4.78 is -0.0559. The van der Waals surface area contributed by atoms with E-state index >= 15 is 0 Å². The van der Waals surface area contributed by atoms with Crippen LogP contribution in [0, 0.1) is 0 Å². The van der Waals surface area contributed by atoms with Gasteiger partial charge in [-0.1, -0.05) is 26.2 Å². The number of rotatable bonds is 7. The number of amides is 1. The summed E-state index contributed by atoms with van der Waals surface area (Å²) in [7, 11) is 0. The Morgan fingerprint density at radius 3 is 2.54 bits per heavy atom. The third-order valence-corrected chi connectivity index (χ3v) is 2.10. The van der Waals surface area contributed by atoms with Crippen molar-refractivity contribution in [2.45, 2.75) is 43.6 Å². The number of carbonyl (C=O) groups excluding carboxylic acids is 1. The minimum Gasteiger partial charge on any atom is -0.354 e. The van der Waals surface area contributed by atoms with E-state index in [9.17, 15) is 4.79 Å². The highest BCUT2D eigenvalue weighted by Gasteiger charge is 2.01. The topological polar surface area (TPSA) is 29.1 Å². The van der Waals surface area contributed by atoms with Crippen molar-refractivity contribution >= 4 is 31.2 Å². The maximum Gasteiger partial charge on any atom is 0.220 e. The Morgan fingerprint density at radius 1 is 1.31 bits per heavy atom. The third-order valence-electron chi connectivity index (χ3n) is 1.74. The van der Waals surface area contributed by atoms with Gasteiger partial charge in [-0.05, 0) is 6.42 Å². The lowest BCUT2D eigenvalue weighted by atomic mass is 10.1. The number of unbranched alkanes of at least 4 members (excludes halogenated alkanes) is 3. The molecule has 0 aliphatic rings. The van der Waals surface area contributed by atoms with Gasteiger partial charge in [0.15, 0.2) is 0 Å². The van der Waals surface area contributed by atoms with Gasteiger partial charge in [-0.25, -0.2) is 0 Å². The normalized spacial score (nSPS) is 10.5. The number of hydrogen-bond acceptors (Lipinski definition) is 3. The van der Waals surface area contributed by atoms with Crippen molar-refractivity contribution in [3.8, 4) is 0 Å². The molecule has 0 spiro atoms. The minimum absolute atomic E-state index is 0.0559. The fraction of sp³-hybridized carbons (Fsp3) is 0.889. The van der Waals surface area contributed by atoms with Crippen molar-refractivity contribution in [2.75, 3.05) is 6.54 Å². The predicted octanol–water partition coefficient (Wildman–Crippen LogP) is 2.26. The van der Waals surface area contributed by atoms with Crippen molar-refractivity contribution in [1.82, 2.24) is 5.32 Å². The number of carbonyl (C=O) groups is 1. The second kappa shape index (κ2) is 8.75. The molecular formula is C9H19NOS2. The van der Waals surface area contributed by atoms with Gasteiger partial charge in [-0.15, -0.1) is 0 Å². The molecule has 4 heteroatoms. The average molecular weight is 221 g/mol. The van der Waals surface area contributed by atoms with Gasteiger partial charge >= 0.3 is 0 Å². The molecule has 0 atom stereocenters. The van der Waals surface area contributed by atoms with E-state index in [4.69, 9.17) is 0 Å². The molecule has 0 aromatic carbocycles. The van der Waals surface area contributed by atoms with Crippen molar-refractivity contribution in [3.63, 3.8) is 0 Å². The fourth-order valence-corrected chi connectivity index (χ4v) is 1.19. The van der Waals surface area contributed by atoms with Crippen LogP contribution in [0.4, 0.5) is 0 Å². The zero-order valence-electron chi connectivity index (χ0n) is 8.12. The first-order chi connectivity index (χ1) is 6.16. The maximum absolute atomic E-state index is 11.1. The van der Waals surface area contributed by atoms with Gasteiger partial charge in [0.05, 0.1) is 4.58 Å². The van der Waals surface area contributed by atoms with Crippen LogP contribution in [0.25, 0.3) is 0 Å². The molecule has 0 heterocycles. The second-order valence-electron chi connectivity index (χ2n) is 3.10. The van der Waals surface area contributed by atoms with Crippen LogP contribution in [0.15, 0.2) is 0 Å². The standard InChI is InChI=1S/C9H19NOS2/c1-2-3-4-5-6-8(11)10-7-9(12)13/h9,12-13H,2-7H2,1H3,(H,10,11). The van der Waals surface area contributed by atoms with Crippen LogP contribution in [0.1, 0.15) is 39.0 Å². The molecule has 1 amide bonds. The molecule has 0 saturated heterocycles. The number of thiol groups is 2. The highest BCUT2D eigenvalue weighted by atomic mass is 32.2. The van der Waals surface area contributed by atoms with Crippen molar-refractivity contribution in [3.05, 3.63) is 0 Å². The zero-order chi connectivity index (χ0) is 10.1. The fourth-order valence-electron chi connectivity index (χ4n) is 1.01. The van der Waals surface area contributed by atoms with E-state index in [-0.39, 0.29) is 10.5 Å². The zero-order valence-corrected chi connectivity index (χ0v) is 9.91.